The molecule has 0 aromatic carbocycles. The number of ketones is 2. The average Bonchev–Trinajstić information content (AvgIpc) is 2.26. The molecule has 4 heteroatoms. The van der Waals surface area contributed by atoms with Crippen LogP contribution in [0.1, 0.15) is 32.6 Å². The number of nitrogens with one attached hydrogen (secondary N) is 1. The summed E-state index contributed by atoms with van der Waals surface area (Å²) in [6.45, 7) is 5.72. The second-order valence-corrected chi connectivity index (χ2v) is 3.61. The van der Waals surface area contributed by atoms with Crippen LogP contribution in [0.4, 0.5) is 0 Å². The lowest BCUT2D eigenvalue weighted by atomic mass is 9.90. The highest BCUT2D eigenvalue weighted by Crippen LogP contribution is 2.20. The minimum Gasteiger partial charge on any atom is -0.294 e. The molecule has 0 unspecified atom stereocenters. The van der Waals surface area contributed by atoms with Crippen LogP contribution in [0.2, 0.25) is 0 Å². The molecule has 1 rings (SSSR count). The van der Waals surface area contributed by atoms with Crippen molar-refractivity contribution in [1.82, 2.24) is 5.48 Å². The first-order chi connectivity index (χ1) is 7.70. The van der Waals surface area contributed by atoms with E-state index >= 15 is 0 Å². The summed E-state index contributed by atoms with van der Waals surface area (Å²) in [5.41, 5.74) is 3.54. The van der Waals surface area contributed by atoms with Crippen LogP contribution in [-0.4, -0.2) is 18.2 Å². The monoisotopic (exact) mass is 223 g/mol. The Balaban J connectivity index is 2.81. The quantitative estimate of drug-likeness (QED) is 0.253. The molecule has 1 aliphatic carbocycles. The van der Waals surface area contributed by atoms with Crippen LogP contribution in [-0.2, 0) is 14.4 Å². The van der Waals surface area contributed by atoms with Crippen LogP contribution in [0.15, 0.2) is 23.9 Å². The highest BCUT2D eigenvalue weighted by Gasteiger charge is 2.26. The van der Waals surface area contributed by atoms with Gasteiger partial charge in [-0.3, -0.25) is 19.9 Å². The lowest BCUT2D eigenvalue weighted by Crippen LogP contribution is -2.26. The SMILES string of the molecule is C=CCONC(CC)=C1C(=O)CCCC1=O. The minimum absolute atomic E-state index is 0.0807. The highest BCUT2D eigenvalue weighted by molar-refractivity contribution is 6.22. The van der Waals surface area contributed by atoms with Crippen molar-refractivity contribution in [2.75, 3.05) is 6.61 Å². The van der Waals surface area contributed by atoms with Crippen molar-refractivity contribution in [3.63, 3.8) is 0 Å². The molecule has 0 bridgehead atoms. The van der Waals surface area contributed by atoms with Gasteiger partial charge in [0.1, 0.15) is 0 Å². The molecular formula is C12H17NO3. The van der Waals surface area contributed by atoms with E-state index in [0.717, 1.165) is 0 Å². The van der Waals surface area contributed by atoms with Crippen LogP contribution in [0.3, 0.4) is 0 Å². The number of rotatable bonds is 5. The van der Waals surface area contributed by atoms with Crippen molar-refractivity contribution in [1.29, 1.82) is 0 Å². The van der Waals surface area contributed by atoms with Gasteiger partial charge in [0.05, 0.1) is 17.9 Å². The fraction of sp³-hybridized carbons (Fsp3) is 0.500. The lowest BCUT2D eigenvalue weighted by Gasteiger charge is -2.17. The second-order valence-electron chi connectivity index (χ2n) is 3.61. The first-order valence-electron chi connectivity index (χ1n) is 5.49. The Kier molecular flexibility index (Phi) is 4.92. The smallest absolute Gasteiger partial charge is 0.168 e. The third kappa shape index (κ3) is 3.03. The van der Waals surface area contributed by atoms with Gasteiger partial charge in [0.2, 0.25) is 0 Å². The van der Waals surface area contributed by atoms with Crippen molar-refractivity contribution >= 4 is 11.6 Å². The topological polar surface area (TPSA) is 55.4 Å². The number of Topliss-reactive ketones (excluding diaryl/α,β-unsaturated/α-hetero) is 2. The molecular weight excluding hydrogens is 206 g/mol. The summed E-state index contributed by atoms with van der Waals surface area (Å²) in [5, 5.41) is 0. The summed E-state index contributed by atoms with van der Waals surface area (Å²) >= 11 is 0. The van der Waals surface area contributed by atoms with Gasteiger partial charge in [-0.05, 0) is 12.8 Å². The Labute approximate surface area is 95.3 Å². The van der Waals surface area contributed by atoms with E-state index in [9.17, 15) is 9.59 Å². The second kappa shape index (κ2) is 6.23. The number of carbonyl (C=O) groups excluding carboxylic acids is 2. The van der Waals surface area contributed by atoms with Crippen molar-refractivity contribution in [2.45, 2.75) is 32.6 Å². The van der Waals surface area contributed by atoms with Gasteiger partial charge < -0.3 is 0 Å². The van der Waals surface area contributed by atoms with E-state index < -0.39 is 0 Å². The molecule has 0 aliphatic heterocycles. The number of hydrogen-bond donors (Lipinski definition) is 1. The first kappa shape index (κ1) is 12.6. The lowest BCUT2D eigenvalue weighted by molar-refractivity contribution is -0.124. The van der Waals surface area contributed by atoms with Gasteiger partial charge in [-0.15, -0.1) is 6.58 Å². The average molecular weight is 223 g/mol. The summed E-state index contributed by atoms with van der Waals surface area (Å²) in [7, 11) is 0. The van der Waals surface area contributed by atoms with Crippen molar-refractivity contribution < 1.29 is 14.4 Å². The first-order valence-corrected chi connectivity index (χ1v) is 5.49. The van der Waals surface area contributed by atoms with E-state index in [4.69, 9.17) is 4.84 Å². The fourth-order valence-corrected chi connectivity index (χ4v) is 1.64. The zero-order valence-corrected chi connectivity index (χ0v) is 9.54. The van der Waals surface area contributed by atoms with Crippen molar-refractivity contribution in [3.05, 3.63) is 23.9 Å². The Hall–Kier alpha value is -1.42. The summed E-state index contributed by atoms with van der Waals surface area (Å²) in [6, 6.07) is 0. The predicted octanol–water partition coefficient (Wildman–Crippen LogP) is 1.68. The van der Waals surface area contributed by atoms with Crippen LogP contribution in [0, 0.1) is 0 Å². The van der Waals surface area contributed by atoms with Crippen LogP contribution in [0.5, 0.6) is 0 Å². The number of hydrogen-bond acceptors (Lipinski definition) is 4. The molecule has 1 N–H and O–H groups in total. The fourth-order valence-electron chi connectivity index (χ4n) is 1.64. The maximum absolute atomic E-state index is 11.6. The Bertz CT molecular complexity index is 313. The number of carbonyl (C=O) groups is 2. The van der Waals surface area contributed by atoms with Gasteiger partial charge in [-0.25, -0.2) is 0 Å². The number of hydroxylamine groups is 1. The molecule has 0 aromatic heterocycles. The maximum Gasteiger partial charge on any atom is 0.168 e. The van der Waals surface area contributed by atoms with Crippen molar-refractivity contribution in [2.24, 2.45) is 0 Å². The normalized spacial score (nSPS) is 16.2. The molecule has 0 atom stereocenters. The van der Waals surface area contributed by atoms with Crippen LogP contribution >= 0.6 is 0 Å². The van der Waals surface area contributed by atoms with Crippen LogP contribution in [0.25, 0.3) is 0 Å². The van der Waals surface area contributed by atoms with Crippen LogP contribution < -0.4 is 5.48 Å². The molecule has 4 nitrogen and oxygen atoms in total. The molecule has 1 aliphatic rings. The maximum atomic E-state index is 11.6. The summed E-state index contributed by atoms with van der Waals surface area (Å²) in [5.74, 6) is -0.161. The zero-order valence-electron chi connectivity index (χ0n) is 9.54. The Morgan fingerprint density at radius 1 is 1.44 bits per heavy atom. The zero-order chi connectivity index (χ0) is 12.0. The molecule has 0 amide bonds. The van der Waals surface area contributed by atoms with Gasteiger partial charge in [0.15, 0.2) is 11.6 Å². The van der Waals surface area contributed by atoms with Gasteiger partial charge in [-0.1, -0.05) is 13.0 Å². The van der Waals surface area contributed by atoms with E-state index in [0.29, 0.717) is 38.0 Å². The van der Waals surface area contributed by atoms with E-state index in [1.807, 2.05) is 6.92 Å². The van der Waals surface area contributed by atoms with Crippen molar-refractivity contribution in [3.8, 4) is 0 Å². The Morgan fingerprint density at radius 2 is 2.06 bits per heavy atom. The molecule has 1 saturated carbocycles. The Morgan fingerprint density at radius 3 is 2.56 bits per heavy atom. The van der Waals surface area contributed by atoms with E-state index in [1.54, 1.807) is 6.08 Å². The predicted molar refractivity (Wildman–Crippen MR) is 60.5 cm³/mol. The third-order valence-electron chi connectivity index (χ3n) is 2.42. The van der Waals surface area contributed by atoms with E-state index in [2.05, 4.69) is 12.1 Å². The van der Waals surface area contributed by atoms with Gasteiger partial charge >= 0.3 is 0 Å². The van der Waals surface area contributed by atoms with E-state index in [1.165, 1.54) is 0 Å². The summed E-state index contributed by atoms with van der Waals surface area (Å²) in [4.78, 5) is 28.3. The van der Waals surface area contributed by atoms with E-state index in [-0.39, 0.29) is 17.1 Å². The molecule has 0 heterocycles. The molecule has 0 spiro atoms. The molecule has 1 fully saturated rings. The standard InChI is InChI=1S/C12H17NO3/c1-3-8-16-13-9(4-2)12-10(14)6-5-7-11(12)15/h3,13H,1,4-8H2,2H3. The highest BCUT2D eigenvalue weighted by atomic mass is 16.6. The third-order valence-corrected chi connectivity index (χ3v) is 2.42. The van der Waals surface area contributed by atoms with Gasteiger partial charge in [0.25, 0.3) is 0 Å². The molecule has 0 radical (unpaired) electrons. The largest absolute Gasteiger partial charge is 0.294 e. The van der Waals surface area contributed by atoms with Gasteiger partial charge in [-0.2, -0.15) is 0 Å². The van der Waals surface area contributed by atoms with Gasteiger partial charge in [0, 0.05) is 12.8 Å². The summed E-state index contributed by atoms with van der Waals surface area (Å²) in [6.07, 6.45) is 3.73. The molecule has 16 heavy (non-hydrogen) atoms. The molecule has 0 saturated heterocycles. The summed E-state index contributed by atoms with van der Waals surface area (Å²) < 4.78 is 0. The minimum atomic E-state index is -0.0807. The molecule has 0 aromatic rings. The molecule has 88 valence electrons. The number of allylic oxidation sites excluding steroid dienone is 2.